The van der Waals surface area contributed by atoms with Crippen molar-refractivity contribution in [3.63, 3.8) is 0 Å². The Kier molecular flexibility index (Phi) is 7.87. The van der Waals surface area contributed by atoms with Crippen LogP contribution in [0.4, 0.5) is 0 Å². The largest absolute Gasteiger partial charge is 0.320 e. The predicted octanol–water partition coefficient (Wildman–Crippen LogP) is 6.02. The zero-order chi connectivity index (χ0) is 14.1. The van der Waals surface area contributed by atoms with E-state index in [1.54, 1.807) is 0 Å². The minimum absolute atomic E-state index is 0.914. The third kappa shape index (κ3) is 5.39. The van der Waals surface area contributed by atoms with Gasteiger partial charge in [-0.15, -0.1) is 0 Å². The molecule has 0 aromatic rings. The average Bonchev–Trinajstić information content (AvgIpc) is 2.98. The summed E-state index contributed by atoms with van der Waals surface area (Å²) in [4.78, 5) is 2.75. The van der Waals surface area contributed by atoms with Gasteiger partial charge < -0.3 is 4.85 Å². The van der Waals surface area contributed by atoms with E-state index in [4.69, 9.17) is 6.57 Å². The second kappa shape index (κ2) is 9.18. The number of rotatable bonds is 0. The molecule has 0 aromatic heterocycles. The van der Waals surface area contributed by atoms with Crippen LogP contribution in [0.25, 0.3) is 4.85 Å². The molecule has 0 bridgehead atoms. The molecule has 0 aliphatic heterocycles. The van der Waals surface area contributed by atoms with Crippen LogP contribution in [0.5, 0.6) is 0 Å². The molecule has 1 saturated carbocycles. The van der Waals surface area contributed by atoms with Crippen LogP contribution < -0.4 is 0 Å². The van der Waals surface area contributed by atoms with Crippen LogP contribution in [-0.2, 0) is 0 Å². The van der Waals surface area contributed by atoms with E-state index >= 15 is 0 Å². The molecule has 3 aliphatic rings. The van der Waals surface area contributed by atoms with Crippen molar-refractivity contribution < 1.29 is 0 Å². The molecule has 0 unspecified atom stereocenters. The molecule has 1 fully saturated rings. The van der Waals surface area contributed by atoms with Gasteiger partial charge in [0.15, 0.2) is 0 Å². The van der Waals surface area contributed by atoms with E-state index in [-0.39, 0.29) is 0 Å². The van der Waals surface area contributed by atoms with Crippen molar-refractivity contribution in [2.24, 2.45) is 11.8 Å². The maximum atomic E-state index is 5.83. The van der Waals surface area contributed by atoms with Crippen LogP contribution in [-0.4, -0.2) is 7.05 Å². The van der Waals surface area contributed by atoms with Crippen LogP contribution in [0.3, 0.4) is 0 Å². The van der Waals surface area contributed by atoms with Gasteiger partial charge in [-0.2, -0.15) is 0 Å². The summed E-state index contributed by atoms with van der Waals surface area (Å²) in [6.45, 7) is 10.6. The fourth-order valence-electron chi connectivity index (χ4n) is 3.58. The van der Waals surface area contributed by atoms with Crippen LogP contribution in [0.1, 0.15) is 78.1 Å². The summed E-state index contributed by atoms with van der Waals surface area (Å²) in [6.07, 6.45) is 14.7. The molecule has 0 radical (unpaired) electrons. The summed E-state index contributed by atoms with van der Waals surface area (Å²) in [5.41, 5.74) is 3.65. The van der Waals surface area contributed by atoms with E-state index in [2.05, 4.69) is 18.7 Å². The van der Waals surface area contributed by atoms with Gasteiger partial charge in [0.2, 0.25) is 7.05 Å². The maximum Gasteiger partial charge on any atom is 0.205 e. The third-order valence-corrected chi connectivity index (χ3v) is 4.85. The molecule has 19 heavy (non-hydrogen) atoms. The van der Waals surface area contributed by atoms with Gasteiger partial charge in [-0.25, -0.2) is 6.57 Å². The van der Waals surface area contributed by atoms with E-state index in [9.17, 15) is 0 Å². The quantitative estimate of drug-likeness (QED) is 0.371. The lowest BCUT2D eigenvalue weighted by atomic mass is 9.93. The maximum absolute atomic E-state index is 5.83. The second-order valence-corrected chi connectivity index (χ2v) is 6.30. The molecule has 0 aromatic carbocycles. The zero-order valence-corrected chi connectivity index (χ0v) is 13.2. The third-order valence-electron chi connectivity index (χ3n) is 4.85. The first-order chi connectivity index (χ1) is 9.20. The Morgan fingerprint density at radius 3 is 1.79 bits per heavy atom. The van der Waals surface area contributed by atoms with E-state index in [0.717, 1.165) is 11.8 Å². The molecule has 1 nitrogen and oxygen atoms in total. The van der Waals surface area contributed by atoms with Crippen LogP contribution in [0.2, 0.25) is 0 Å². The second-order valence-electron chi connectivity index (χ2n) is 6.30. The first-order valence-electron chi connectivity index (χ1n) is 8.17. The molecule has 0 saturated heterocycles. The zero-order valence-electron chi connectivity index (χ0n) is 13.2. The van der Waals surface area contributed by atoms with Crippen molar-refractivity contribution in [2.45, 2.75) is 78.1 Å². The normalized spacial score (nSPS) is 28.5. The molecule has 0 amide bonds. The number of hydrogen-bond acceptors (Lipinski definition) is 0. The molecular weight excluding hydrogens is 230 g/mol. The fraction of sp³-hybridized carbons (Fsp3) is 0.833. The first kappa shape index (κ1) is 16.3. The van der Waals surface area contributed by atoms with Gasteiger partial charge in [-0.1, -0.05) is 63.5 Å². The Bertz CT molecular complexity index is 306. The molecule has 0 N–H and O–H groups in total. The summed E-state index contributed by atoms with van der Waals surface area (Å²) in [6, 6.07) is 0. The van der Waals surface area contributed by atoms with Gasteiger partial charge in [-0.05, 0) is 37.5 Å². The molecule has 3 rings (SSSR count). The van der Waals surface area contributed by atoms with Crippen molar-refractivity contribution in [1.82, 2.24) is 0 Å². The highest BCUT2D eigenvalue weighted by Crippen LogP contribution is 2.45. The number of nitrogens with zero attached hydrogens (tertiary/aromatic N) is 1. The van der Waals surface area contributed by atoms with Crippen LogP contribution >= 0.6 is 0 Å². The van der Waals surface area contributed by atoms with E-state index in [0.29, 0.717) is 0 Å². The topological polar surface area (TPSA) is 4.36 Å². The van der Waals surface area contributed by atoms with Gasteiger partial charge >= 0.3 is 0 Å². The van der Waals surface area contributed by atoms with E-state index in [1.165, 1.54) is 71.3 Å². The highest BCUT2D eigenvalue weighted by atomic mass is 14.5. The Morgan fingerprint density at radius 2 is 1.37 bits per heavy atom. The summed E-state index contributed by atoms with van der Waals surface area (Å²) in [7, 11) is 1.42. The SMILES string of the molecule is C1CCCCC1.C[C@@H]1C2=C(CCC2)C[C@@H]1C.[C-]#[N+]C. The van der Waals surface area contributed by atoms with Crippen LogP contribution in [0.15, 0.2) is 11.1 Å². The lowest BCUT2D eigenvalue weighted by Gasteiger charge is -2.12. The summed E-state index contributed by atoms with van der Waals surface area (Å²) in [5, 5.41) is 0. The number of allylic oxidation sites excluding steroid dienone is 2. The Hall–Kier alpha value is -0.770. The molecule has 2 atom stereocenters. The Labute approximate surface area is 120 Å². The van der Waals surface area contributed by atoms with Crippen molar-refractivity contribution >= 4 is 0 Å². The summed E-state index contributed by atoms with van der Waals surface area (Å²) in [5.74, 6) is 1.86. The summed E-state index contributed by atoms with van der Waals surface area (Å²) < 4.78 is 0. The summed E-state index contributed by atoms with van der Waals surface area (Å²) >= 11 is 0. The van der Waals surface area contributed by atoms with Gasteiger partial charge in [0.1, 0.15) is 0 Å². The lowest BCUT2D eigenvalue weighted by Crippen LogP contribution is -2.02. The van der Waals surface area contributed by atoms with E-state index in [1.807, 2.05) is 11.1 Å². The average molecular weight is 261 g/mol. The molecule has 108 valence electrons. The first-order valence-corrected chi connectivity index (χ1v) is 8.17. The highest BCUT2D eigenvalue weighted by molar-refractivity contribution is 5.27. The van der Waals surface area contributed by atoms with Gasteiger partial charge in [0, 0.05) is 0 Å². The monoisotopic (exact) mass is 261 g/mol. The smallest absolute Gasteiger partial charge is 0.205 e. The van der Waals surface area contributed by atoms with Gasteiger partial charge in [-0.3, -0.25) is 0 Å². The minimum Gasteiger partial charge on any atom is -0.320 e. The molecule has 1 heteroatoms. The lowest BCUT2D eigenvalue weighted by molar-refractivity contribution is 0.460. The van der Waals surface area contributed by atoms with Gasteiger partial charge in [0.25, 0.3) is 0 Å². The standard InChI is InChI=1S/C10H16.C6H12.C2H3N/c1-7-6-9-4-3-5-10(9)8(7)2;1-2-4-6-5-3-1;1-3-2/h7-8H,3-6H2,1-2H3;1-6H2;1H3/t7-,8-;;/m0../s1. The van der Waals surface area contributed by atoms with Crippen molar-refractivity contribution in [1.29, 1.82) is 0 Å². The minimum atomic E-state index is 0.914. The van der Waals surface area contributed by atoms with Crippen molar-refractivity contribution in [3.8, 4) is 0 Å². The molecule has 0 spiro atoms. The van der Waals surface area contributed by atoms with Crippen molar-refractivity contribution in [2.75, 3.05) is 7.05 Å². The Balaban J connectivity index is 0.000000172. The highest BCUT2D eigenvalue weighted by Gasteiger charge is 2.30. The predicted molar refractivity (Wildman–Crippen MR) is 84.1 cm³/mol. The molecular formula is C18H31N. The van der Waals surface area contributed by atoms with Crippen LogP contribution in [0, 0.1) is 18.4 Å². The fourth-order valence-corrected chi connectivity index (χ4v) is 3.58. The van der Waals surface area contributed by atoms with Crippen molar-refractivity contribution in [3.05, 3.63) is 22.6 Å². The van der Waals surface area contributed by atoms with Gasteiger partial charge in [0.05, 0.1) is 0 Å². The molecule has 0 heterocycles. The number of hydrogen-bond donors (Lipinski definition) is 0. The Morgan fingerprint density at radius 1 is 0.895 bits per heavy atom. The molecule has 3 aliphatic carbocycles. The van der Waals surface area contributed by atoms with E-state index < -0.39 is 0 Å².